The van der Waals surface area contributed by atoms with Gasteiger partial charge in [0.1, 0.15) is 0 Å². The Labute approximate surface area is 156 Å². The number of benzene rings is 2. The van der Waals surface area contributed by atoms with Gasteiger partial charge in [0.25, 0.3) is 0 Å². The number of hydrogen-bond acceptors (Lipinski definition) is 3. The minimum absolute atomic E-state index is 0.0558. The van der Waals surface area contributed by atoms with Gasteiger partial charge < -0.3 is 5.32 Å². The first-order valence-corrected chi connectivity index (χ1v) is 9.67. The van der Waals surface area contributed by atoms with E-state index < -0.39 is 0 Å². The van der Waals surface area contributed by atoms with Crippen LogP contribution in [-0.2, 0) is 17.0 Å². The van der Waals surface area contributed by atoms with E-state index in [-0.39, 0.29) is 5.91 Å². The molecule has 0 radical (unpaired) electrons. The van der Waals surface area contributed by atoms with Crippen molar-refractivity contribution in [1.82, 2.24) is 10.3 Å². The van der Waals surface area contributed by atoms with Crippen molar-refractivity contribution < 1.29 is 4.79 Å². The second-order valence-electron chi connectivity index (χ2n) is 5.71. The first-order chi connectivity index (χ1) is 12.2. The number of nitrogens with zero attached hydrogens (tertiary/aromatic N) is 1. The van der Waals surface area contributed by atoms with Crippen LogP contribution in [-0.4, -0.2) is 23.2 Å². The fourth-order valence-corrected chi connectivity index (χ4v) is 3.66. The summed E-state index contributed by atoms with van der Waals surface area (Å²) in [6, 6.07) is 17.9. The lowest BCUT2D eigenvalue weighted by molar-refractivity contribution is -0.118. The van der Waals surface area contributed by atoms with Gasteiger partial charge in [-0.1, -0.05) is 48.0 Å². The molecule has 3 aromatic rings. The highest BCUT2D eigenvalue weighted by atomic mass is 35.5. The Morgan fingerprint density at radius 1 is 1.12 bits per heavy atom. The summed E-state index contributed by atoms with van der Waals surface area (Å²) >= 11 is 7.55. The van der Waals surface area contributed by atoms with E-state index in [2.05, 4.69) is 28.5 Å². The van der Waals surface area contributed by atoms with Gasteiger partial charge >= 0.3 is 0 Å². The van der Waals surface area contributed by atoms with Gasteiger partial charge in [-0.3, -0.25) is 9.78 Å². The lowest BCUT2D eigenvalue weighted by Crippen LogP contribution is -2.27. The van der Waals surface area contributed by atoms with Crippen molar-refractivity contribution in [3.8, 4) is 0 Å². The second kappa shape index (κ2) is 8.88. The van der Waals surface area contributed by atoms with Gasteiger partial charge in [-0.05, 0) is 35.7 Å². The van der Waals surface area contributed by atoms with Gasteiger partial charge in [-0.2, -0.15) is 0 Å². The Balaban J connectivity index is 1.43. The highest BCUT2D eigenvalue weighted by molar-refractivity contribution is 7.99. The number of thioether (sulfide) groups is 1. The van der Waals surface area contributed by atoms with Gasteiger partial charge in [0.15, 0.2) is 0 Å². The predicted octanol–water partition coefficient (Wildman–Crippen LogP) is 4.48. The van der Waals surface area contributed by atoms with E-state index in [0.717, 1.165) is 39.2 Å². The molecule has 0 unspecified atom stereocenters. The fourth-order valence-electron chi connectivity index (χ4n) is 2.65. The summed E-state index contributed by atoms with van der Waals surface area (Å²) in [7, 11) is 0. The van der Waals surface area contributed by atoms with Crippen molar-refractivity contribution >= 4 is 40.2 Å². The van der Waals surface area contributed by atoms with E-state index in [4.69, 9.17) is 11.6 Å². The predicted molar refractivity (Wildman–Crippen MR) is 106 cm³/mol. The second-order valence-corrected chi connectivity index (χ2v) is 7.14. The Morgan fingerprint density at radius 2 is 1.96 bits per heavy atom. The first kappa shape index (κ1) is 17.8. The SMILES string of the molecule is O=C(CSCc1cccc(Cl)c1)NCCc1cccc2cccnc12. The molecule has 2 aromatic carbocycles. The zero-order chi connectivity index (χ0) is 17.5. The summed E-state index contributed by atoms with van der Waals surface area (Å²) in [6.45, 7) is 0.617. The van der Waals surface area contributed by atoms with E-state index in [9.17, 15) is 4.79 Å². The Bertz CT molecular complexity index is 864. The summed E-state index contributed by atoms with van der Waals surface area (Å²) in [5.41, 5.74) is 3.30. The lowest BCUT2D eigenvalue weighted by atomic mass is 10.1. The number of amides is 1. The van der Waals surface area contributed by atoms with Crippen LogP contribution in [0.4, 0.5) is 0 Å². The van der Waals surface area contributed by atoms with Crippen molar-refractivity contribution in [3.05, 3.63) is 76.9 Å². The normalized spacial score (nSPS) is 10.8. The largest absolute Gasteiger partial charge is 0.355 e. The number of pyridine rings is 1. The smallest absolute Gasteiger partial charge is 0.230 e. The number of nitrogens with one attached hydrogen (secondary N) is 1. The first-order valence-electron chi connectivity index (χ1n) is 8.14. The monoisotopic (exact) mass is 370 g/mol. The van der Waals surface area contributed by atoms with Gasteiger partial charge in [0, 0.05) is 28.9 Å². The van der Waals surface area contributed by atoms with Gasteiger partial charge in [0.05, 0.1) is 11.3 Å². The molecule has 0 spiro atoms. The maximum atomic E-state index is 12.0. The number of fused-ring (bicyclic) bond motifs is 1. The number of aromatic nitrogens is 1. The van der Waals surface area contributed by atoms with Crippen LogP contribution in [0.5, 0.6) is 0 Å². The topological polar surface area (TPSA) is 42.0 Å². The van der Waals surface area contributed by atoms with Gasteiger partial charge in [0.2, 0.25) is 5.91 Å². The zero-order valence-electron chi connectivity index (χ0n) is 13.7. The summed E-state index contributed by atoms with van der Waals surface area (Å²) in [5, 5.41) is 4.84. The van der Waals surface area contributed by atoms with E-state index in [0.29, 0.717) is 12.3 Å². The maximum Gasteiger partial charge on any atom is 0.230 e. The molecule has 0 fully saturated rings. The van der Waals surface area contributed by atoms with Gasteiger partial charge in [-0.15, -0.1) is 11.8 Å². The molecular formula is C20H19ClN2OS. The molecule has 0 aliphatic rings. The van der Waals surface area contributed by atoms with Crippen LogP contribution in [0.2, 0.25) is 5.02 Å². The summed E-state index contributed by atoms with van der Waals surface area (Å²) in [4.78, 5) is 16.4. The standard InChI is InChI=1S/C20H19ClN2OS/c21-18-8-1-4-15(12-18)13-25-14-19(24)22-11-9-17-6-2-5-16-7-3-10-23-20(16)17/h1-8,10,12H,9,11,13-14H2,(H,22,24). The summed E-state index contributed by atoms with van der Waals surface area (Å²) in [5.74, 6) is 1.28. The number of halogens is 1. The third kappa shape index (κ3) is 5.21. The molecule has 5 heteroatoms. The van der Waals surface area contributed by atoms with Crippen LogP contribution >= 0.6 is 23.4 Å². The van der Waals surface area contributed by atoms with Crippen molar-refractivity contribution in [3.63, 3.8) is 0 Å². The molecule has 3 nitrogen and oxygen atoms in total. The maximum absolute atomic E-state index is 12.0. The van der Waals surface area contributed by atoms with Crippen LogP contribution < -0.4 is 5.32 Å². The molecule has 0 aliphatic heterocycles. The van der Waals surface area contributed by atoms with E-state index in [1.165, 1.54) is 0 Å². The van der Waals surface area contributed by atoms with Gasteiger partial charge in [-0.25, -0.2) is 0 Å². The molecular weight excluding hydrogens is 352 g/mol. The highest BCUT2D eigenvalue weighted by Gasteiger charge is 2.05. The Kier molecular flexibility index (Phi) is 6.31. The lowest BCUT2D eigenvalue weighted by Gasteiger charge is -2.07. The van der Waals surface area contributed by atoms with Crippen molar-refractivity contribution in [2.24, 2.45) is 0 Å². The van der Waals surface area contributed by atoms with Crippen LogP contribution in [0.3, 0.4) is 0 Å². The van der Waals surface area contributed by atoms with E-state index in [1.54, 1.807) is 18.0 Å². The minimum atomic E-state index is 0.0558. The molecule has 1 amide bonds. The molecule has 128 valence electrons. The third-order valence-corrected chi connectivity index (χ3v) is 5.06. The minimum Gasteiger partial charge on any atom is -0.355 e. The molecule has 3 rings (SSSR count). The molecule has 0 saturated heterocycles. The molecule has 1 N–H and O–H groups in total. The Morgan fingerprint density at radius 3 is 2.84 bits per heavy atom. The average Bonchev–Trinajstić information content (AvgIpc) is 2.62. The molecule has 0 aliphatic carbocycles. The number of carbonyl (C=O) groups excluding carboxylic acids is 1. The average molecular weight is 371 g/mol. The number of rotatable bonds is 7. The zero-order valence-corrected chi connectivity index (χ0v) is 15.3. The number of para-hydroxylation sites is 1. The number of hydrogen-bond donors (Lipinski definition) is 1. The van der Waals surface area contributed by atoms with Crippen molar-refractivity contribution in [2.75, 3.05) is 12.3 Å². The molecule has 1 aromatic heterocycles. The molecule has 0 saturated carbocycles. The number of carbonyl (C=O) groups is 1. The summed E-state index contributed by atoms with van der Waals surface area (Å²) < 4.78 is 0. The Hall–Kier alpha value is -2.04. The van der Waals surface area contributed by atoms with Crippen LogP contribution in [0.15, 0.2) is 60.8 Å². The fraction of sp³-hybridized carbons (Fsp3) is 0.200. The van der Waals surface area contributed by atoms with Crippen LogP contribution in [0.25, 0.3) is 10.9 Å². The molecule has 0 atom stereocenters. The van der Waals surface area contributed by atoms with Crippen molar-refractivity contribution in [1.29, 1.82) is 0 Å². The quantitative estimate of drug-likeness (QED) is 0.666. The van der Waals surface area contributed by atoms with Crippen LogP contribution in [0.1, 0.15) is 11.1 Å². The highest BCUT2D eigenvalue weighted by Crippen LogP contribution is 2.17. The molecule has 0 bridgehead atoms. The van der Waals surface area contributed by atoms with E-state index in [1.807, 2.05) is 36.4 Å². The van der Waals surface area contributed by atoms with Crippen molar-refractivity contribution in [2.45, 2.75) is 12.2 Å². The van der Waals surface area contributed by atoms with E-state index >= 15 is 0 Å². The molecule has 25 heavy (non-hydrogen) atoms. The third-order valence-electron chi connectivity index (χ3n) is 3.82. The summed E-state index contributed by atoms with van der Waals surface area (Å²) in [6.07, 6.45) is 2.58. The van der Waals surface area contributed by atoms with Crippen LogP contribution in [0, 0.1) is 0 Å². The molecule has 1 heterocycles.